The molecule has 0 aliphatic rings. The molecule has 9 heteroatoms. The van der Waals surface area contributed by atoms with E-state index in [4.69, 9.17) is 27.9 Å². The van der Waals surface area contributed by atoms with E-state index in [1.807, 2.05) is 42.7 Å². The van der Waals surface area contributed by atoms with Gasteiger partial charge in [0.25, 0.3) is 0 Å². The lowest BCUT2D eigenvalue weighted by Crippen LogP contribution is -2.32. The van der Waals surface area contributed by atoms with Gasteiger partial charge < -0.3 is 14.6 Å². The van der Waals surface area contributed by atoms with Gasteiger partial charge in [0, 0.05) is 32.7 Å². The van der Waals surface area contributed by atoms with Gasteiger partial charge in [-0.2, -0.15) is 5.10 Å². The maximum Gasteiger partial charge on any atom is 0.329 e. The van der Waals surface area contributed by atoms with E-state index in [2.05, 4.69) is 15.8 Å². The number of hydrogen-bond acceptors (Lipinski definition) is 4. The van der Waals surface area contributed by atoms with Crippen LogP contribution in [-0.4, -0.2) is 29.7 Å². The number of halogens is 2. The number of carbonyl (C=O) groups is 2. The Labute approximate surface area is 189 Å². The summed E-state index contributed by atoms with van der Waals surface area (Å²) >= 11 is 12.0. The van der Waals surface area contributed by atoms with Gasteiger partial charge in [-0.05, 0) is 56.3 Å². The molecule has 0 aliphatic heterocycles. The Hall–Kier alpha value is -3.29. The second-order valence-electron chi connectivity index (χ2n) is 6.64. The van der Waals surface area contributed by atoms with Crippen molar-refractivity contribution in [2.24, 2.45) is 5.10 Å². The normalized spacial score (nSPS) is 10.9. The largest absolute Gasteiger partial charge is 0.495 e. The maximum absolute atomic E-state index is 12.2. The molecular weight excluding hydrogens is 439 g/mol. The van der Waals surface area contributed by atoms with Crippen LogP contribution in [-0.2, 0) is 9.59 Å². The molecule has 0 spiro atoms. The molecule has 0 aliphatic carbocycles. The minimum absolute atomic E-state index is 0.282. The second kappa shape index (κ2) is 9.68. The monoisotopic (exact) mass is 458 g/mol. The minimum atomic E-state index is -0.929. The Kier molecular flexibility index (Phi) is 6.99. The van der Waals surface area contributed by atoms with Gasteiger partial charge in [0.1, 0.15) is 5.75 Å². The topological polar surface area (TPSA) is 84.7 Å². The molecule has 1 aromatic heterocycles. The Bertz CT molecular complexity index is 1170. The lowest BCUT2D eigenvalue weighted by Gasteiger charge is -2.10. The van der Waals surface area contributed by atoms with Crippen LogP contribution in [0.4, 0.5) is 5.69 Å². The van der Waals surface area contributed by atoms with Crippen LogP contribution < -0.4 is 15.5 Å². The highest BCUT2D eigenvalue weighted by Crippen LogP contribution is 2.27. The van der Waals surface area contributed by atoms with Gasteiger partial charge in [-0.3, -0.25) is 9.59 Å². The summed E-state index contributed by atoms with van der Waals surface area (Å²) in [5, 5.41) is 7.39. The number of aryl methyl sites for hydroxylation is 1. The van der Waals surface area contributed by atoms with E-state index in [0.717, 1.165) is 22.6 Å². The van der Waals surface area contributed by atoms with E-state index in [-0.39, 0.29) is 5.69 Å². The van der Waals surface area contributed by atoms with Crippen molar-refractivity contribution in [1.29, 1.82) is 0 Å². The molecule has 0 saturated heterocycles. The third-order valence-electron chi connectivity index (χ3n) is 4.52. The van der Waals surface area contributed by atoms with Crippen molar-refractivity contribution in [3.05, 3.63) is 75.5 Å². The number of ether oxygens (including phenoxy) is 1. The summed E-state index contributed by atoms with van der Waals surface area (Å²) in [6, 6.07) is 14.1. The summed E-state index contributed by atoms with van der Waals surface area (Å²) in [7, 11) is 1.45. The summed E-state index contributed by atoms with van der Waals surface area (Å²) in [6.07, 6.45) is 1.48. The standard InChI is InChI=1S/C22H20Cl2N4O3/c1-13-9-15(14(2)28(13)18-6-4-5-16(23)10-18)12-25-27-22(30)21(29)26-19-11-17(24)7-8-20(19)31-3/h4-12H,1-3H3,(H,26,29)(H,27,30)/b25-12-. The zero-order chi connectivity index (χ0) is 22.5. The molecule has 0 saturated carbocycles. The molecule has 31 heavy (non-hydrogen) atoms. The number of rotatable bonds is 5. The van der Waals surface area contributed by atoms with Crippen LogP contribution in [0.3, 0.4) is 0 Å². The lowest BCUT2D eigenvalue weighted by molar-refractivity contribution is -0.136. The lowest BCUT2D eigenvalue weighted by atomic mass is 10.2. The number of benzene rings is 2. The first kappa shape index (κ1) is 22.4. The average Bonchev–Trinajstić information content (AvgIpc) is 3.01. The van der Waals surface area contributed by atoms with E-state index in [9.17, 15) is 9.59 Å². The first-order valence-electron chi connectivity index (χ1n) is 9.23. The first-order valence-corrected chi connectivity index (χ1v) is 9.98. The molecule has 2 amide bonds. The highest BCUT2D eigenvalue weighted by Gasteiger charge is 2.16. The van der Waals surface area contributed by atoms with Crippen molar-refractivity contribution in [1.82, 2.24) is 9.99 Å². The number of aromatic nitrogens is 1. The van der Waals surface area contributed by atoms with Crippen LogP contribution >= 0.6 is 23.2 Å². The predicted octanol–water partition coefficient (Wildman–Crippen LogP) is 4.50. The van der Waals surface area contributed by atoms with Crippen molar-refractivity contribution < 1.29 is 14.3 Å². The minimum Gasteiger partial charge on any atom is -0.495 e. The Morgan fingerprint density at radius 2 is 1.77 bits per heavy atom. The van der Waals surface area contributed by atoms with Crippen LogP contribution in [0.5, 0.6) is 5.75 Å². The smallest absolute Gasteiger partial charge is 0.329 e. The van der Waals surface area contributed by atoms with Gasteiger partial charge in [0.2, 0.25) is 0 Å². The highest BCUT2D eigenvalue weighted by molar-refractivity contribution is 6.40. The fourth-order valence-corrected chi connectivity index (χ4v) is 3.46. The molecule has 0 fully saturated rings. The van der Waals surface area contributed by atoms with Gasteiger partial charge >= 0.3 is 11.8 Å². The molecule has 2 N–H and O–H groups in total. The molecule has 7 nitrogen and oxygen atoms in total. The zero-order valence-electron chi connectivity index (χ0n) is 17.1. The van der Waals surface area contributed by atoms with Crippen LogP contribution in [0.15, 0.2) is 53.6 Å². The van der Waals surface area contributed by atoms with Gasteiger partial charge in [-0.15, -0.1) is 0 Å². The number of hydrogen-bond donors (Lipinski definition) is 2. The van der Waals surface area contributed by atoms with Crippen molar-refractivity contribution in [2.75, 3.05) is 12.4 Å². The van der Waals surface area contributed by atoms with E-state index < -0.39 is 11.8 Å². The molecule has 160 valence electrons. The van der Waals surface area contributed by atoms with Crippen molar-refractivity contribution in [2.45, 2.75) is 13.8 Å². The van der Waals surface area contributed by atoms with Gasteiger partial charge in [-0.1, -0.05) is 29.3 Å². The number of methoxy groups -OCH3 is 1. The molecule has 1 heterocycles. The van der Waals surface area contributed by atoms with E-state index in [1.165, 1.54) is 19.4 Å². The summed E-state index contributed by atoms with van der Waals surface area (Å²) in [5.41, 5.74) is 6.09. The molecular formula is C22H20Cl2N4O3. The highest BCUT2D eigenvalue weighted by atomic mass is 35.5. The third-order valence-corrected chi connectivity index (χ3v) is 4.99. The molecule has 0 radical (unpaired) electrons. The van der Waals surface area contributed by atoms with Crippen LogP contribution in [0.2, 0.25) is 10.0 Å². The summed E-state index contributed by atoms with van der Waals surface area (Å²) in [4.78, 5) is 24.3. The number of amides is 2. The summed E-state index contributed by atoms with van der Waals surface area (Å²) in [6.45, 7) is 3.88. The van der Waals surface area contributed by atoms with E-state index >= 15 is 0 Å². The maximum atomic E-state index is 12.2. The van der Waals surface area contributed by atoms with E-state index in [0.29, 0.717) is 15.8 Å². The van der Waals surface area contributed by atoms with Gasteiger partial charge in [-0.25, -0.2) is 5.43 Å². The fraction of sp³-hybridized carbons (Fsp3) is 0.136. The zero-order valence-corrected chi connectivity index (χ0v) is 18.6. The first-order chi connectivity index (χ1) is 14.8. The Balaban J connectivity index is 1.69. The van der Waals surface area contributed by atoms with Crippen molar-refractivity contribution >= 4 is 46.9 Å². The SMILES string of the molecule is COc1ccc(Cl)cc1NC(=O)C(=O)N/N=C\c1cc(C)n(-c2cccc(Cl)c2)c1C. The quantitative estimate of drug-likeness (QED) is 0.335. The molecule has 2 aromatic carbocycles. The Morgan fingerprint density at radius 3 is 2.48 bits per heavy atom. The van der Waals surface area contributed by atoms with Gasteiger partial charge in [0.05, 0.1) is 19.0 Å². The Morgan fingerprint density at radius 1 is 1.03 bits per heavy atom. The predicted molar refractivity (Wildman–Crippen MR) is 123 cm³/mol. The number of anilines is 1. The molecule has 3 rings (SSSR count). The average molecular weight is 459 g/mol. The number of nitrogens with one attached hydrogen (secondary N) is 2. The van der Waals surface area contributed by atoms with Gasteiger partial charge in [0.15, 0.2) is 0 Å². The number of hydrazone groups is 1. The van der Waals surface area contributed by atoms with Crippen molar-refractivity contribution in [3.63, 3.8) is 0 Å². The van der Waals surface area contributed by atoms with Crippen molar-refractivity contribution in [3.8, 4) is 11.4 Å². The van der Waals surface area contributed by atoms with E-state index in [1.54, 1.807) is 18.2 Å². The second-order valence-corrected chi connectivity index (χ2v) is 7.51. The fourth-order valence-electron chi connectivity index (χ4n) is 3.10. The summed E-state index contributed by atoms with van der Waals surface area (Å²) < 4.78 is 7.17. The number of nitrogens with zero attached hydrogens (tertiary/aromatic N) is 2. The molecule has 0 atom stereocenters. The number of carbonyl (C=O) groups excluding carboxylic acids is 2. The molecule has 0 bridgehead atoms. The molecule has 3 aromatic rings. The summed E-state index contributed by atoms with van der Waals surface area (Å²) in [5.74, 6) is -1.45. The van der Waals surface area contributed by atoms with Crippen LogP contribution in [0.1, 0.15) is 17.0 Å². The van der Waals surface area contributed by atoms with Crippen LogP contribution in [0, 0.1) is 13.8 Å². The van der Waals surface area contributed by atoms with Crippen LogP contribution in [0.25, 0.3) is 5.69 Å². The third kappa shape index (κ3) is 5.25. The molecule has 0 unspecified atom stereocenters.